The number of rotatable bonds is 5. The van der Waals surface area contributed by atoms with Gasteiger partial charge >= 0.3 is 0 Å². The van der Waals surface area contributed by atoms with Crippen molar-refractivity contribution in [1.29, 1.82) is 0 Å². The molecule has 0 aromatic heterocycles. The van der Waals surface area contributed by atoms with Crippen LogP contribution in [0.5, 0.6) is 0 Å². The summed E-state index contributed by atoms with van der Waals surface area (Å²) in [6.07, 6.45) is 0. The van der Waals surface area contributed by atoms with Crippen LogP contribution in [0.15, 0.2) is 24.3 Å². The monoisotopic (exact) mass is 224 g/mol. The zero-order valence-corrected chi connectivity index (χ0v) is 9.61. The van der Waals surface area contributed by atoms with Gasteiger partial charge < -0.3 is 5.73 Å². The highest BCUT2D eigenvalue weighted by atomic mass is 19.1. The van der Waals surface area contributed by atoms with Crippen molar-refractivity contribution < 1.29 is 9.18 Å². The maximum atomic E-state index is 12.8. The molecule has 1 aromatic rings. The second-order valence-corrected chi connectivity index (χ2v) is 3.76. The van der Waals surface area contributed by atoms with E-state index in [2.05, 4.69) is 0 Å². The number of amides is 1. The van der Waals surface area contributed by atoms with Gasteiger partial charge in [-0.25, -0.2) is 4.39 Å². The van der Waals surface area contributed by atoms with E-state index in [0.29, 0.717) is 0 Å². The largest absolute Gasteiger partial charge is 0.369 e. The van der Waals surface area contributed by atoms with Gasteiger partial charge in [0.05, 0.1) is 6.54 Å². The maximum absolute atomic E-state index is 12.8. The minimum absolute atomic E-state index is 0.0538. The quantitative estimate of drug-likeness (QED) is 0.827. The summed E-state index contributed by atoms with van der Waals surface area (Å²) >= 11 is 0. The van der Waals surface area contributed by atoms with Crippen molar-refractivity contribution in [2.24, 2.45) is 5.73 Å². The number of primary amides is 1. The van der Waals surface area contributed by atoms with Crippen LogP contribution in [0.4, 0.5) is 4.39 Å². The summed E-state index contributed by atoms with van der Waals surface area (Å²) < 4.78 is 12.8. The third-order valence-corrected chi connectivity index (χ3v) is 2.67. The van der Waals surface area contributed by atoms with Crippen LogP contribution in [-0.2, 0) is 4.79 Å². The van der Waals surface area contributed by atoms with E-state index in [1.54, 1.807) is 12.1 Å². The average Bonchev–Trinajstić information content (AvgIpc) is 2.25. The topological polar surface area (TPSA) is 46.3 Å². The van der Waals surface area contributed by atoms with Crippen molar-refractivity contribution in [3.8, 4) is 0 Å². The molecule has 0 saturated carbocycles. The summed E-state index contributed by atoms with van der Waals surface area (Å²) in [7, 11) is 0. The molecule has 1 aromatic carbocycles. The molecular weight excluding hydrogens is 207 g/mol. The molecule has 1 atom stereocenters. The van der Waals surface area contributed by atoms with Crippen LogP contribution in [-0.4, -0.2) is 23.9 Å². The second kappa shape index (κ2) is 5.61. The molecule has 0 aliphatic heterocycles. The molecule has 0 spiro atoms. The Morgan fingerprint density at radius 3 is 2.44 bits per heavy atom. The van der Waals surface area contributed by atoms with Crippen molar-refractivity contribution in [2.45, 2.75) is 19.9 Å². The second-order valence-electron chi connectivity index (χ2n) is 3.76. The van der Waals surface area contributed by atoms with Gasteiger partial charge in [-0.3, -0.25) is 9.69 Å². The van der Waals surface area contributed by atoms with Gasteiger partial charge in [0.15, 0.2) is 0 Å². The van der Waals surface area contributed by atoms with Crippen molar-refractivity contribution in [3.05, 3.63) is 35.6 Å². The number of hydrogen-bond acceptors (Lipinski definition) is 2. The first-order valence-corrected chi connectivity index (χ1v) is 5.32. The van der Waals surface area contributed by atoms with E-state index in [0.717, 1.165) is 12.1 Å². The number of nitrogens with two attached hydrogens (primary N) is 1. The number of likely N-dealkylation sites (N-methyl/N-ethyl adjacent to an activating group) is 1. The summed E-state index contributed by atoms with van der Waals surface area (Å²) in [5, 5.41) is 0. The molecule has 0 saturated heterocycles. The molecule has 4 heteroatoms. The van der Waals surface area contributed by atoms with Crippen LogP contribution in [0.2, 0.25) is 0 Å². The van der Waals surface area contributed by atoms with Gasteiger partial charge in [-0.15, -0.1) is 0 Å². The standard InChI is InChI=1S/C12H17FN2O/c1-3-15(8-12(14)16)9(2)10-4-6-11(13)7-5-10/h4-7,9H,3,8H2,1-2H3,(H2,14,16)/t9-/m1/s1. The Kier molecular flexibility index (Phi) is 4.43. The molecule has 0 fully saturated rings. The van der Waals surface area contributed by atoms with Crippen LogP contribution >= 0.6 is 0 Å². The summed E-state index contributed by atoms with van der Waals surface area (Å²) in [5.41, 5.74) is 6.14. The Morgan fingerprint density at radius 1 is 1.44 bits per heavy atom. The average molecular weight is 224 g/mol. The highest BCUT2D eigenvalue weighted by Gasteiger charge is 2.15. The summed E-state index contributed by atoms with van der Waals surface area (Å²) in [6.45, 7) is 4.87. The Balaban J connectivity index is 2.78. The van der Waals surface area contributed by atoms with Gasteiger partial charge in [-0.1, -0.05) is 19.1 Å². The minimum atomic E-state index is -0.351. The number of benzene rings is 1. The molecule has 1 amide bonds. The number of carbonyl (C=O) groups excluding carboxylic acids is 1. The summed E-state index contributed by atoms with van der Waals surface area (Å²) in [6, 6.07) is 6.35. The lowest BCUT2D eigenvalue weighted by molar-refractivity contribution is -0.119. The van der Waals surface area contributed by atoms with Gasteiger partial charge in [0.25, 0.3) is 0 Å². The normalized spacial score (nSPS) is 12.8. The molecule has 0 heterocycles. The van der Waals surface area contributed by atoms with E-state index in [-0.39, 0.29) is 24.3 Å². The lowest BCUT2D eigenvalue weighted by Gasteiger charge is -2.26. The van der Waals surface area contributed by atoms with Gasteiger partial charge in [0.2, 0.25) is 5.91 Å². The van der Waals surface area contributed by atoms with E-state index < -0.39 is 0 Å². The first kappa shape index (κ1) is 12.6. The Hall–Kier alpha value is -1.42. The van der Waals surface area contributed by atoms with Gasteiger partial charge in [0, 0.05) is 6.04 Å². The van der Waals surface area contributed by atoms with E-state index in [1.165, 1.54) is 12.1 Å². The Labute approximate surface area is 95.0 Å². The predicted octanol–water partition coefficient (Wildman–Crippen LogP) is 1.69. The molecule has 0 aliphatic rings. The van der Waals surface area contributed by atoms with Crippen LogP contribution in [0.1, 0.15) is 25.5 Å². The molecule has 0 bridgehead atoms. The van der Waals surface area contributed by atoms with Crippen molar-refractivity contribution in [2.75, 3.05) is 13.1 Å². The van der Waals surface area contributed by atoms with Gasteiger partial charge in [0.1, 0.15) is 5.82 Å². The van der Waals surface area contributed by atoms with E-state index in [4.69, 9.17) is 5.73 Å². The Bertz CT molecular complexity index is 351. The first-order valence-electron chi connectivity index (χ1n) is 5.32. The van der Waals surface area contributed by atoms with E-state index >= 15 is 0 Å². The third kappa shape index (κ3) is 3.31. The van der Waals surface area contributed by atoms with Crippen molar-refractivity contribution in [1.82, 2.24) is 4.90 Å². The van der Waals surface area contributed by atoms with E-state index in [1.807, 2.05) is 18.7 Å². The van der Waals surface area contributed by atoms with Crippen LogP contribution in [0.25, 0.3) is 0 Å². The number of hydrogen-bond donors (Lipinski definition) is 1. The maximum Gasteiger partial charge on any atom is 0.231 e. The zero-order chi connectivity index (χ0) is 12.1. The molecule has 0 aliphatic carbocycles. The molecule has 2 N–H and O–H groups in total. The number of carbonyl (C=O) groups is 1. The fourth-order valence-electron chi connectivity index (χ4n) is 1.67. The fraction of sp³-hybridized carbons (Fsp3) is 0.417. The lowest BCUT2D eigenvalue weighted by atomic mass is 10.1. The van der Waals surface area contributed by atoms with Gasteiger partial charge in [-0.2, -0.15) is 0 Å². The van der Waals surface area contributed by atoms with Crippen molar-refractivity contribution >= 4 is 5.91 Å². The summed E-state index contributed by atoms with van der Waals surface area (Å²) in [4.78, 5) is 12.8. The smallest absolute Gasteiger partial charge is 0.231 e. The Morgan fingerprint density at radius 2 is 2.00 bits per heavy atom. The number of nitrogens with zero attached hydrogens (tertiary/aromatic N) is 1. The van der Waals surface area contributed by atoms with Crippen molar-refractivity contribution in [3.63, 3.8) is 0 Å². The molecule has 0 unspecified atom stereocenters. The SMILES string of the molecule is CCN(CC(N)=O)[C@H](C)c1ccc(F)cc1. The van der Waals surface area contributed by atoms with Crippen LogP contribution < -0.4 is 5.73 Å². The molecule has 88 valence electrons. The van der Waals surface area contributed by atoms with Crippen LogP contribution in [0.3, 0.4) is 0 Å². The molecule has 0 radical (unpaired) electrons. The predicted molar refractivity (Wildman–Crippen MR) is 61.3 cm³/mol. The molecule has 3 nitrogen and oxygen atoms in total. The lowest BCUT2D eigenvalue weighted by Crippen LogP contribution is -2.35. The third-order valence-electron chi connectivity index (χ3n) is 2.67. The summed E-state index contributed by atoms with van der Waals surface area (Å²) in [5.74, 6) is -0.607. The van der Waals surface area contributed by atoms with Gasteiger partial charge in [-0.05, 0) is 31.2 Å². The first-order chi connectivity index (χ1) is 7.54. The minimum Gasteiger partial charge on any atom is -0.369 e. The molecule has 16 heavy (non-hydrogen) atoms. The number of halogens is 1. The molecule has 1 rings (SSSR count). The zero-order valence-electron chi connectivity index (χ0n) is 9.61. The van der Waals surface area contributed by atoms with Crippen LogP contribution in [0, 0.1) is 5.82 Å². The highest BCUT2D eigenvalue weighted by molar-refractivity contribution is 5.75. The van der Waals surface area contributed by atoms with E-state index in [9.17, 15) is 9.18 Å². The molecular formula is C12H17FN2O. The fourth-order valence-corrected chi connectivity index (χ4v) is 1.67. The highest BCUT2D eigenvalue weighted by Crippen LogP contribution is 2.19.